The molecular weight excluding hydrogens is 487 g/mol. The number of nitrogens with one attached hydrogen (secondary N) is 2. The topological polar surface area (TPSA) is 105 Å². The average Bonchev–Trinajstić information content (AvgIpc) is 3.39. The molecule has 0 radical (unpaired) electrons. The number of benzene rings is 2. The normalized spacial score (nSPS) is 13.4. The van der Waals surface area contributed by atoms with Gasteiger partial charge in [-0.2, -0.15) is 5.10 Å². The molecule has 3 aromatic heterocycles. The number of halogens is 1. The lowest BCUT2D eigenvalue weighted by Gasteiger charge is -2.28. The fraction of sp³-hybridized carbons (Fsp3) is 0.143. The van der Waals surface area contributed by atoms with Crippen LogP contribution >= 0.6 is 0 Å². The number of hydrogen-bond acceptors (Lipinski definition) is 7. The summed E-state index contributed by atoms with van der Waals surface area (Å²) < 4.78 is 24.7. The van der Waals surface area contributed by atoms with Crippen molar-refractivity contribution in [2.24, 2.45) is 0 Å². The first-order valence-corrected chi connectivity index (χ1v) is 12.1. The van der Waals surface area contributed by atoms with Crippen molar-refractivity contribution in [1.82, 2.24) is 20.2 Å². The van der Waals surface area contributed by atoms with Gasteiger partial charge in [-0.3, -0.25) is 14.9 Å². The van der Waals surface area contributed by atoms with Crippen LogP contribution in [0.2, 0.25) is 0 Å². The molecule has 1 amide bonds. The zero-order chi connectivity index (χ0) is 25.9. The molecule has 0 bridgehead atoms. The second-order valence-corrected chi connectivity index (χ2v) is 8.74. The van der Waals surface area contributed by atoms with Crippen molar-refractivity contribution in [3.8, 4) is 22.8 Å². The van der Waals surface area contributed by atoms with Crippen LogP contribution in [0.4, 0.5) is 15.8 Å². The Bertz CT molecular complexity index is 1600. The van der Waals surface area contributed by atoms with Crippen LogP contribution in [0.25, 0.3) is 22.0 Å². The van der Waals surface area contributed by atoms with E-state index in [-0.39, 0.29) is 17.3 Å². The van der Waals surface area contributed by atoms with Crippen molar-refractivity contribution in [1.29, 1.82) is 0 Å². The van der Waals surface area contributed by atoms with Gasteiger partial charge >= 0.3 is 0 Å². The maximum absolute atomic E-state index is 13.8. The van der Waals surface area contributed by atoms with Gasteiger partial charge in [-0.1, -0.05) is 18.2 Å². The highest BCUT2D eigenvalue weighted by Gasteiger charge is 2.17. The first kappa shape index (κ1) is 23.6. The summed E-state index contributed by atoms with van der Waals surface area (Å²) >= 11 is 0. The molecule has 9 nitrogen and oxygen atoms in total. The fourth-order valence-electron chi connectivity index (χ4n) is 4.29. The molecule has 2 N–H and O–H groups in total. The van der Waals surface area contributed by atoms with Crippen LogP contribution < -0.4 is 15.0 Å². The van der Waals surface area contributed by atoms with Crippen molar-refractivity contribution in [2.75, 3.05) is 36.5 Å². The number of H-pyrrole nitrogens is 1. The van der Waals surface area contributed by atoms with Crippen LogP contribution in [0.15, 0.2) is 79.3 Å². The van der Waals surface area contributed by atoms with Crippen molar-refractivity contribution < 1.29 is 18.7 Å². The number of amides is 1. The summed E-state index contributed by atoms with van der Waals surface area (Å²) in [6.07, 6.45) is 5.10. The number of nitrogens with zero attached hydrogens (tertiary/aromatic N) is 4. The van der Waals surface area contributed by atoms with Gasteiger partial charge in [0.15, 0.2) is 17.3 Å². The van der Waals surface area contributed by atoms with E-state index in [1.807, 2.05) is 30.6 Å². The quantitative estimate of drug-likeness (QED) is 0.330. The standard InChI is InChI=1S/C28H23FN6O3/c29-23-3-1-2-4-25(23)38-26-8-6-20(16-31-26)32-28(36)27-22-14-18(5-7-24(22)33-34-27)19-13-21(17-30-15-19)35-9-11-37-12-10-35/h1-8,13-17H,9-12H2,(H,32,36)(H,33,34). The minimum absolute atomic E-state index is 0.0706. The summed E-state index contributed by atoms with van der Waals surface area (Å²) in [5.41, 5.74) is 4.34. The van der Waals surface area contributed by atoms with Crippen molar-refractivity contribution in [2.45, 2.75) is 0 Å². The maximum Gasteiger partial charge on any atom is 0.276 e. The largest absolute Gasteiger partial charge is 0.436 e. The number of rotatable bonds is 6. The first-order valence-electron chi connectivity index (χ1n) is 12.1. The van der Waals surface area contributed by atoms with Crippen LogP contribution in [0.1, 0.15) is 10.5 Å². The van der Waals surface area contributed by atoms with Crippen LogP contribution in [-0.4, -0.2) is 52.4 Å². The number of morpholine rings is 1. The molecule has 0 unspecified atom stereocenters. The van der Waals surface area contributed by atoms with Gasteiger partial charge in [0.2, 0.25) is 5.88 Å². The Kier molecular flexibility index (Phi) is 6.37. The third-order valence-corrected chi connectivity index (χ3v) is 6.26. The van der Waals surface area contributed by atoms with E-state index in [0.717, 1.165) is 35.4 Å². The van der Waals surface area contributed by atoms with Gasteiger partial charge in [0.05, 0.1) is 42.5 Å². The average molecular weight is 511 g/mol. The lowest BCUT2D eigenvalue weighted by atomic mass is 10.0. The molecule has 1 aliphatic heterocycles. The van der Waals surface area contributed by atoms with Crippen LogP contribution in [0.3, 0.4) is 0 Å². The second-order valence-electron chi connectivity index (χ2n) is 8.74. The van der Waals surface area contributed by atoms with Gasteiger partial charge in [0.1, 0.15) is 0 Å². The molecule has 0 spiro atoms. The minimum Gasteiger partial charge on any atom is -0.436 e. The zero-order valence-corrected chi connectivity index (χ0v) is 20.2. The Morgan fingerprint density at radius 3 is 2.68 bits per heavy atom. The highest BCUT2D eigenvalue weighted by molar-refractivity contribution is 6.11. The molecule has 10 heteroatoms. The predicted octanol–water partition coefficient (Wildman–Crippen LogP) is 5.04. The molecule has 4 heterocycles. The van der Waals surface area contributed by atoms with E-state index in [9.17, 15) is 9.18 Å². The molecule has 0 atom stereocenters. The molecule has 1 saturated heterocycles. The van der Waals surface area contributed by atoms with E-state index >= 15 is 0 Å². The number of aromatic amines is 1. The van der Waals surface area contributed by atoms with Gasteiger partial charge in [-0.15, -0.1) is 0 Å². The monoisotopic (exact) mass is 510 g/mol. The Hall–Kier alpha value is -4.83. The summed E-state index contributed by atoms with van der Waals surface area (Å²) in [4.78, 5) is 23.9. The summed E-state index contributed by atoms with van der Waals surface area (Å²) in [5, 5.41) is 10.6. The predicted molar refractivity (Wildman–Crippen MR) is 141 cm³/mol. The van der Waals surface area contributed by atoms with E-state index in [1.165, 1.54) is 18.3 Å². The van der Waals surface area contributed by atoms with Crippen molar-refractivity contribution in [3.63, 3.8) is 0 Å². The number of ether oxygens (including phenoxy) is 2. The Labute approximate surface area is 217 Å². The van der Waals surface area contributed by atoms with E-state index in [2.05, 4.69) is 36.4 Å². The molecule has 38 heavy (non-hydrogen) atoms. The molecule has 0 aliphatic carbocycles. The fourth-order valence-corrected chi connectivity index (χ4v) is 4.29. The third kappa shape index (κ3) is 4.89. The number of pyridine rings is 2. The highest BCUT2D eigenvalue weighted by atomic mass is 19.1. The molecule has 190 valence electrons. The number of aromatic nitrogens is 4. The summed E-state index contributed by atoms with van der Waals surface area (Å²) in [7, 11) is 0. The number of fused-ring (bicyclic) bond motifs is 1. The number of carbonyl (C=O) groups excluding carboxylic acids is 1. The van der Waals surface area contributed by atoms with Gasteiger partial charge in [0, 0.05) is 36.3 Å². The minimum atomic E-state index is -0.486. The Morgan fingerprint density at radius 1 is 1.00 bits per heavy atom. The molecule has 1 fully saturated rings. The maximum atomic E-state index is 13.8. The van der Waals surface area contributed by atoms with Gasteiger partial charge in [-0.05, 0) is 42.0 Å². The van der Waals surface area contributed by atoms with Crippen LogP contribution in [0, 0.1) is 5.82 Å². The zero-order valence-electron chi connectivity index (χ0n) is 20.2. The first-order chi connectivity index (χ1) is 18.6. The molecule has 2 aromatic carbocycles. The molecule has 1 aliphatic rings. The van der Waals surface area contributed by atoms with E-state index < -0.39 is 11.7 Å². The van der Waals surface area contributed by atoms with Crippen LogP contribution in [0.5, 0.6) is 11.6 Å². The lowest BCUT2D eigenvalue weighted by Crippen LogP contribution is -2.36. The summed E-state index contributed by atoms with van der Waals surface area (Å²) in [5.74, 6) is -0.602. The number of anilines is 2. The molecular formula is C28H23FN6O3. The van der Waals surface area contributed by atoms with E-state index in [1.54, 1.807) is 24.3 Å². The summed E-state index contributed by atoms with van der Waals surface area (Å²) in [6.45, 7) is 3.03. The van der Waals surface area contributed by atoms with Crippen molar-refractivity contribution >= 4 is 28.2 Å². The number of para-hydroxylation sites is 1. The summed E-state index contributed by atoms with van der Waals surface area (Å²) in [6, 6.07) is 17.1. The van der Waals surface area contributed by atoms with Gasteiger partial charge in [-0.25, -0.2) is 9.37 Å². The molecule has 5 aromatic rings. The Balaban J connectivity index is 1.20. The lowest BCUT2D eigenvalue weighted by molar-refractivity contribution is 0.102. The molecule has 0 saturated carbocycles. The Morgan fingerprint density at radius 2 is 1.87 bits per heavy atom. The second kappa shape index (κ2) is 10.3. The third-order valence-electron chi connectivity index (χ3n) is 6.26. The van der Waals surface area contributed by atoms with E-state index in [0.29, 0.717) is 24.3 Å². The molecule has 6 rings (SSSR count). The highest BCUT2D eigenvalue weighted by Crippen LogP contribution is 2.29. The number of hydrogen-bond donors (Lipinski definition) is 2. The van der Waals surface area contributed by atoms with E-state index in [4.69, 9.17) is 9.47 Å². The van der Waals surface area contributed by atoms with Gasteiger partial charge in [0.25, 0.3) is 5.91 Å². The SMILES string of the molecule is O=C(Nc1ccc(Oc2ccccc2F)nc1)c1n[nH]c2ccc(-c3cncc(N4CCOCC4)c3)cc12. The van der Waals surface area contributed by atoms with Crippen LogP contribution in [-0.2, 0) is 4.74 Å². The van der Waals surface area contributed by atoms with Gasteiger partial charge < -0.3 is 19.7 Å². The van der Waals surface area contributed by atoms with Crippen molar-refractivity contribution in [3.05, 3.63) is 90.8 Å². The smallest absolute Gasteiger partial charge is 0.276 e. The number of carbonyl (C=O) groups is 1.